The molecule has 0 rings (SSSR count). The van der Waals surface area contributed by atoms with Crippen molar-refractivity contribution in [2.24, 2.45) is 0 Å². The van der Waals surface area contributed by atoms with Crippen molar-refractivity contribution in [3.8, 4) is 0 Å². The lowest BCUT2D eigenvalue weighted by atomic mass is 10.3. The van der Waals surface area contributed by atoms with E-state index in [4.69, 9.17) is 9.59 Å². The van der Waals surface area contributed by atoms with Gasteiger partial charge in [0.2, 0.25) is 0 Å². The number of rotatable bonds is 5. The number of allylic oxidation sites excluding steroid dienone is 1. The van der Waals surface area contributed by atoms with Gasteiger partial charge in [-0.2, -0.15) is 9.59 Å². The molecule has 0 saturated heterocycles. The molecular formula is C14H24O6. The minimum Gasteiger partial charge on any atom is -0.469 e. The fourth-order valence-electron chi connectivity index (χ4n) is 0.631. The molecule has 0 fully saturated rings. The van der Waals surface area contributed by atoms with E-state index in [9.17, 15) is 9.59 Å². The Balaban J connectivity index is -0.000000105. The highest BCUT2D eigenvalue weighted by molar-refractivity contribution is 5.71. The number of methoxy groups -OCH3 is 2. The zero-order chi connectivity index (χ0) is 15.5. The zero-order valence-corrected chi connectivity index (χ0v) is 11.5. The van der Waals surface area contributed by atoms with E-state index < -0.39 is 0 Å². The SMILES string of the molecule is C.C=CCC(=O)OC.CCC=CCC(=O)OC.O=C=O. The lowest BCUT2D eigenvalue weighted by Crippen LogP contribution is -1.96. The van der Waals surface area contributed by atoms with Gasteiger partial charge in [0.15, 0.2) is 0 Å². The molecule has 0 heterocycles. The Morgan fingerprint density at radius 3 is 1.70 bits per heavy atom. The Morgan fingerprint density at radius 2 is 1.45 bits per heavy atom. The average Bonchev–Trinajstić information content (AvgIpc) is 2.40. The summed E-state index contributed by atoms with van der Waals surface area (Å²) in [7, 11) is 2.74. The first kappa shape index (κ1) is 26.4. The van der Waals surface area contributed by atoms with Gasteiger partial charge in [-0.1, -0.05) is 32.6 Å². The molecule has 0 radical (unpaired) electrons. The van der Waals surface area contributed by atoms with Crippen molar-refractivity contribution in [1.29, 1.82) is 0 Å². The molecule has 0 spiro atoms. The molecule has 0 saturated carbocycles. The minimum atomic E-state index is -0.241. The normalized spacial score (nSPS) is 7.55. The highest BCUT2D eigenvalue weighted by Gasteiger charge is 1.91. The molecule has 0 aromatic carbocycles. The molecule has 6 nitrogen and oxygen atoms in total. The third-order valence-electron chi connectivity index (χ3n) is 1.45. The predicted molar refractivity (Wildman–Crippen MR) is 74.6 cm³/mol. The first-order valence-corrected chi connectivity index (χ1v) is 5.42. The van der Waals surface area contributed by atoms with Crippen LogP contribution in [0, 0.1) is 0 Å². The molecule has 0 unspecified atom stereocenters. The molecule has 0 aromatic rings. The van der Waals surface area contributed by atoms with Crippen LogP contribution in [0.2, 0.25) is 0 Å². The van der Waals surface area contributed by atoms with Crippen LogP contribution in [0.5, 0.6) is 0 Å². The van der Waals surface area contributed by atoms with E-state index in [2.05, 4.69) is 16.1 Å². The van der Waals surface area contributed by atoms with Crippen LogP contribution in [-0.4, -0.2) is 32.3 Å². The molecule has 0 N–H and O–H groups in total. The van der Waals surface area contributed by atoms with E-state index >= 15 is 0 Å². The van der Waals surface area contributed by atoms with Gasteiger partial charge in [0.1, 0.15) is 0 Å². The lowest BCUT2D eigenvalue weighted by Gasteiger charge is -1.90. The predicted octanol–water partition coefficient (Wildman–Crippen LogP) is 2.30. The monoisotopic (exact) mass is 288 g/mol. The first-order chi connectivity index (χ1) is 9.03. The van der Waals surface area contributed by atoms with Gasteiger partial charge in [-0.15, -0.1) is 6.58 Å². The van der Waals surface area contributed by atoms with E-state index in [0.717, 1.165) is 6.42 Å². The van der Waals surface area contributed by atoms with Gasteiger partial charge < -0.3 is 9.47 Å². The maximum absolute atomic E-state index is 10.4. The quantitative estimate of drug-likeness (QED) is 0.570. The first-order valence-electron chi connectivity index (χ1n) is 5.42. The van der Waals surface area contributed by atoms with Gasteiger partial charge >= 0.3 is 18.1 Å². The highest BCUT2D eigenvalue weighted by atomic mass is 16.5. The molecular weight excluding hydrogens is 264 g/mol. The number of carbonyl (C=O) groups is 2. The Bertz CT molecular complexity index is 301. The summed E-state index contributed by atoms with van der Waals surface area (Å²) in [6.45, 7) is 5.37. The summed E-state index contributed by atoms with van der Waals surface area (Å²) in [5.74, 6) is -0.422. The second-order valence-corrected chi connectivity index (χ2v) is 2.81. The molecule has 0 bridgehead atoms. The number of carbonyl (C=O) groups excluding carboxylic acids is 4. The van der Waals surface area contributed by atoms with Gasteiger partial charge in [0.25, 0.3) is 0 Å². The van der Waals surface area contributed by atoms with Crippen LogP contribution in [0.3, 0.4) is 0 Å². The third kappa shape index (κ3) is 36.0. The average molecular weight is 288 g/mol. The van der Waals surface area contributed by atoms with Gasteiger partial charge in [0, 0.05) is 0 Å². The summed E-state index contributed by atoms with van der Waals surface area (Å²) in [6, 6.07) is 0. The van der Waals surface area contributed by atoms with E-state index in [1.165, 1.54) is 20.3 Å². The van der Waals surface area contributed by atoms with Crippen molar-refractivity contribution in [2.45, 2.75) is 33.6 Å². The summed E-state index contributed by atoms with van der Waals surface area (Å²) >= 11 is 0. The Morgan fingerprint density at radius 1 is 1.05 bits per heavy atom. The summed E-state index contributed by atoms with van der Waals surface area (Å²) in [5, 5.41) is 0. The fraction of sp³-hybridized carbons (Fsp3) is 0.500. The van der Waals surface area contributed by atoms with Crippen molar-refractivity contribution in [3.05, 3.63) is 24.8 Å². The Labute approximate surface area is 120 Å². The van der Waals surface area contributed by atoms with Crippen LogP contribution in [0.25, 0.3) is 0 Å². The summed E-state index contributed by atoms with van der Waals surface area (Å²) in [4.78, 5) is 36.8. The highest BCUT2D eigenvalue weighted by Crippen LogP contribution is 1.87. The Kier molecular flexibility index (Phi) is 33.8. The van der Waals surface area contributed by atoms with Gasteiger partial charge in [-0.05, 0) is 6.42 Å². The second-order valence-electron chi connectivity index (χ2n) is 2.81. The van der Waals surface area contributed by atoms with Crippen molar-refractivity contribution in [3.63, 3.8) is 0 Å². The summed E-state index contributed by atoms with van der Waals surface area (Å²) < 4.78 is 8.69. The third-order valence-corrected chi connectivity index (χ3v) is 1.45. The molecule has 0 amide bonds. The maximum atomic E-state index is 10.4. The molecule has 0 aliphatic carbocycles. The van der Waals surface area contributed by atoms with Crippen molar-refractivity contribution in [2.75, 3.05) is 14.2 Å². The van der Waals surface area contributed by atoms with Crippen LogP contribution < -0.4 is 0 Å². The van der Waals surface area contributed by atoms with Gasteiger partial charge in [-0.25, -0.2) is 0 Å². The zero-order valence-electron chi connectivity index (χ0n) is 11.5. The van der Waals surface area contributed by atoms with Gasteiger partial charge in [-0.3, -0.25) is 9.59 Å². The number of ether oxygens (including phenoxy) is 2. The molecule has 0 aliphatic rings. The number of hydrogen-bond donors (Lipinski definition) is 0. The van der Waals surface area contributed by atoms with E-state index in [-0.39, 0.29) is 25.5 Å². The minimum absolute atomic E-state index is 0. The molecule has 0 aromatic heterocycles. The van der Waals surface area contributed by atoms with E-state index in [1.807, 2.05) is 19.1 Å². The maximum Gasteiger partial charge on any atom is 0.373 e. The lowest BCUT2D eigenvalue weighted by molar-refractivity contribution is -0.191. The van der Waals surface area contributed by atoms with Crippen LogP contribution in [0.4, 0.5) is 0 Å². The molecule has 20 heavy (non-hydrogen) atoms. The van der Waals surface area contributed by atoms with Crippen molar-refractivity contribution >= 4 is 18.1 Å². The van der Waals surface area contributed by atoms with E-state index in [1.54, 1.807) is 0 Å². The largest absolute Gasteiger partial charge is 0.469 e. The topological polar surface area (TPSA) is 86.7 Å². The fourth-order valence-corrected chi connectivity index (χ4v) is 0.631. The molecule has 0 aliphatic heterocycles. The molecule has 0 atom stereocenters. The number of hydrogen-bond acceptors (Lipinski definition) is 6. The summed E-state index contributed by atoms with van der Waals surface area (Å²) in [6.07, 6.45) is 7.17. The van der Waals surface area contributed by atoms with Crippen molar-refractivity contribution in [1.82, 2.24) is 0 Å². The number of esters is 2. The van der Waals surface area contributed by atoms with Crippen LogP contribution >= 0.6 is 0 Å². The molecule has 6 heteroatoms. The Hall–Kier alpha value is -2.20. The standard InChI is InChI=1S/C7H12O2.C5H8O2.CO2.CH4/c1-3-4-5-6-7(8)9-2;1-3-4-5(6)7-2;2-1-3;/h4-5H,3,6H2,1-2H3;3H,1,4H2,2H3;;1H4. The van der Waals surface area contributed by atoms with E-state index in [0.29, 0.717) is 12.8 Å². The molecule has 116 valence electrons. The smallest absolute Gasteiger partial charge is 0.373 e. The van der Waals surface area contributed by atoms with Crippen LogP contribution in [-0.2, 0) is 28.7 Å². The van der Waals surface area contributed by atoms with Crippen LogP contribution in [0.15, 0.2) is 24.8 Å². The second kappa shape index (κ2) is 25.6. The summed E-state index contributed by atoms with van der Waals surface area (Å²) in [5.41, 5.74) is 0. The van der Waals surface area contributed by atoms with Crippen molar-refractivity contribution < 1.29 is 28.7 Å². The van der Waals surface area contributed by atoms with Crippen LogP contribution in [0.1, 0.15) is 33.6 Å². The van der Waals surface area contributed by atoms with Gasteiger partial charge in [0.05, 0.1) is 27.1 Å².